The number of nitrogens with zero attached hydrogens (tertiary/aromatic N) is 3. The average Bonchev–Trinajstić information content (AvgIpc) is 3.33. The Hall–Kier alpha value is -1.80. The van der Waals surface area contributed by atoms with Crippen LogP contribution in [-0.4, -0.2) is 35.0 Å². The Labute approximate surface area is 146 Å². The lowest BCUT2D eigenvalue weighted by molar-refractivity contribution is 0.422. The molecule has 1 aromatic carbocycles. The van der Waals surface area contributed by atoms with Crippen molar-refractivity contribution in [1.82, 2.24) is 19.5 Å². The molecule has 1 atom stereocenters. The van der Waals surface area contributed by atoms with Crippen molar-refractivity contribution in [3.05, 3.63) is 35.9 Å². The molecule has 1 aromatic heterocycles. The quantitative estimate of drug-likeness (QED) is 0.852. The molecule has 1 fully saturated rings. The monoisotopic (exact) mass is 364 g/mol. The SMILES string of the molecule is O=S(=O)(CCC1CC1)N[C@H]1CCc2nnc(-c3ccc(F)cc3)n2C1. The molecule has 0 spiro atoms. The molecule has 0 radical (unpaired) electrons. The third-order valence-electron chi connectivity index (χ3n) is 4.89. The van der Waals surface area contributed by atoms with Gasteiger partial charge in [0.05, 0.1) is 5.75 Å². The van der Waals surface area contributed by atoms with Gasteiger partial charge in [0, 0.05) is 24.6 Å². The van der Waals surface area contributed by atoms with E-state index in [1.54, 1.807) is 12.1 Å². The van der Waals surface area contributed by atoms with Crippen LogP contribution >= 0.6 is 0 Å². The van der Waals surface area contributed by atoms with E-state index < -0.39 is 10.0 Å². The van der Waals surface area contributed by atoms with Gasteiger partial charge in [0.25, 0.3) is 0 Å². The van der Waals surface area contributed by atoms with Gasteiger partial charge in [-0.2, -0.15) is 0 Å². The molecule has 2 heterocycles. The van der Waals surface area contributed by atoms with Crippen molar-refractivity contribution in [3.8, 4) is 11.4 Å². The maximum Gasteiger partial charge on any atom is 0.211 e. The lowest BCUT2D eigenvalue weighted by atomic mass is 10.1. The van der Waals surface area contributed by atoms with Crippen LogP contribution in [0.1, 0.15) is 31.5 Å². The molecule has 8 heteroatoms. The van der Waals surface area contributed by atoms with Crippen LogP contribution in [0.4, 0.5) is 4.39 Å². The van der Waals surface area contributed by atoms with Gasteiger partial charge in [0.15, 0.2) is 5.82 Å². The van der Waals surface area contributed by atoms with Crippen molar-refractivity contribution in [3.63, 3.8) is 0 Å². The van der Waals surface area contributed by atoms with Crippen molar-refractivity contribution < 1.29 is 12.8 Å². The molecule has 25 heavy (non-hydrogen) atoms. The summed E-state index contributed by atoms with van der Waals surface area (Å²) in [7, 11) is -3.26. The summed E-state index contributed by atoms with van der Waals surface area (Å²) in [5.41, 5.74) is 0.775. The predicted molar refractivity (Wildman–Crippen MR) is 91.8 cm³/mol. The van der Waals surface area contributed by atoms with Gasteiger partial charge in [-0.05, 0) is 43.0 Å². The van der Waals surface area contributed by atoms with E-state index in [1.165, 1.54) is 12.1 Å². The topological polar surface area (TPSA) is 76.9 Å². The highest BCUT2D eigenvalue weighted by atomic mass is 32.2. The number of sulfonamides is 1. The number of hydrogen-bond acceptors (Lipinski definition) is 4. The first-order valence-corrected chi connectivity index (χ1v) is 10.3. The highest BCUT2D eigenvalue weighted by Crippen LogP contribution is 2.32. The summed E-state index contributed by atoms with van der Waals surface area (Å²) in [4.78, 5) is 0. The van der Waals surface area contributed by atoms with Crippen molar-refractivity contribution in [2.24, 2.45) is 5.92 Å². The van der Waals surface area contributed by atoms with Gasteiger partial charge in [-0.15, -0.1) is 10.2 Å². The Morgan fingerprint density at radius 2 is 1.92 bits per heavy atom. The molecule has 0 unspecified atom stereocenters. The van der Waals surface area contributed by atoms with Crippen molar-refractivity contribution in [1.29, 1.82) is 0 Å². The zero-order valence-electron chi connectivity index (χ0n) is 13.9. The molecule has 2 aliphatic rings. The van der Waals surface area contributed by atoms with Crippen molar-refractivity contribution in [2.45, 2.75) is 44.7 Å². The standard InChI is InChI=1S/C17H21FN4O2S/c18-14-5-3-13(4-6-14)17-20-19-16-8-7-15(11-22(16)17)21-25(23,24)10-9-12-1-2-12/h3-6,12,15,21H,1-2,7-11H2/t15-/m0/s1. The number of aromatic nitrogens is 3. The van der Waals surface area contributed by atoms with Gasteiger partial charge in [0.2, 0.25) is 10.0 Å². The van der Waals surface area contributed by atoms with Gasteiger partial charge in [0.1, 0.15) is 11.6 Å². The average molecular weight is 364 g/mol. The Morgan fingerprint density at radius 1 is 1.16 bits per heavy atom. The number of hydrogen-bond donors (Lipinski definition) is 1. The summed E-state index contributed by atoms with van der Waals surface area (Å²) in [6, 6.07) is 5.94. The van der Waals surface area contributed by atoms with E-state index in [4.69, 9.17) is 0 Å². The van der Waals surface area contributed by atoms with Crippen LogP contribution < -0.4 is 4.72 Å². The summed E-state index contributed by atoms with van der Waals surface area (Å²) >= 11 is 0. The molecular formula is C17H21FN4O2S. The first-order chi connectivity index (χ1) is 12.0. The summed E-state index contributed by atoms with van der Waals surface area (Å²) in [5, 5.41) is 8.41. The van der Waals surface area contributed by atoms with Gasteiger partial charge in [-0.1, -0.05) is 12.8 Å². The molecule has 6 nitrogen and oxygen atoms in total. The van der Waals surface area contributed by atoms with Gasteiger partial charge < -0.3 is 4.57 Å². The highest BCUT2D eigenvalue weighted by Gasteiger charge is 2.28. The van der Waals surface area contributed by atoms with Crippen molar-refractivity contribution in [2.75, 3.05) is 5.75 Å². The smallest absolute Gasteiger partial charge is 0.211 e. The molecule has 2 aromatic rings. The van der Waals surface area contributed by atoms with Crippen LogP contribution in [0.3, 0.4) is 0 Å². The Kier molecular flexibility index (Phi) is 4.33. The van der Waals surface area contributed by atoms with Gasteiger partial charge in [-0.3, -0.25) is 0 Å². The fraction of sp³-hybridized carbons (Fsp3) is 0.529. The first kappa shape index (κ1) is 16.7. The van der Waals surface area contributed by atoms with Gasteiger partial charge in [-0.25, -0.2) is 17.5 Å². The number of fused-ring (bicyclic) bond motifs is 1. The zero-order chi connectivity index (χ0) is 17.4. The van der Waals surface area contributed by atoms with Crippen LogP contribution in [0.5, 0.6) is 0 Å². The molecule has 4 rings (SSSR count). The molecule has 134 valence electrons. The molecule has 0 amide bonds. The zero-order valence-corrected chi connectivity index (χ0v) is 14.7. The number of benzene rings is 1. The number of nitrogens with one attached hydrogen (secondary N) is 1. The fourth-order valence-corrected chi connectivity index (χ4v) is 4.74. The number of rotatable bonds is 6. The lowest BCUT2D eigenvalue weighted by Crippen LogP contribution is -2.42. The van der Waals surface area contributed by atoms with E-state index in [-0.39, 0.29) is 17.6 Å². The van der Waals surface area contributed by atoms with E-state index >= 15 is 0 Å². The van der Waals surface area contributed by atoms with E-state index in [0.717, 1.165) is 30.7 Å². The summed E-state index contributed by atoms with van der Waals surface area (Å²) in [6.07, 6.45) is 4.45. The fourth-order valence-electron chi connectivity index (χ4n) is 3.28. The minimum atomic E-state index is -3.26. The summed E-state index contributed by atoms with van der Waals surface area (Å²) in [5.74, 6) is 1.99. The second kappa shape index (κ2) is 6.49. The summed E-state index contributed by atoms with van der Waals surface area (Å²) < 4.78 is 42.5. The summed E-state index contributed by atoms with van der Waals surface area (Å²) in [6.45, 7) is 0.498. The molecule has 1 aliphatic carbocycles. The van der Waals surface area contributed by atoms with E-state index in [1.807, 2.05) is 4.57 Å². The van der Waals surface area contributed by atoms with Crippen molar-refractivity contribution >= 4 is 10.0 Å². The number of aryl methyl sites for hydroxylation is 1. The minimum Gasteiger partial charge on any atom is -0.309 e. The number of halogens is 1. The maximum atomic E-state index is 13.1. The largest absolute Gasteiger partial charge is 0.309 e. The minimum absolute atomic E-state index is 0.160. The van der Waals surface area contributed by atoms with Crippen LogP contribution in [-0.2, 0) is 23.0 Å². The van der Waals surface area contributed by atoms with Crippen LogP contribution in [0.25, 0.3) is 11.4 Å². The van der Waals surface area contributed by atoms with Crippen LogP contribution in [0.2, 0.25) is 0 Å². The highest BCUT2D eigenvalue weighted by molar-refractivity contribution is 7.89. The van der Waals surface area contributed by atoms with E-state index in [2.05, 4.69) is 14.9 Å². The maximum absolute atomic E-state index is 13.1. The normalized spacial score (nSPS) is 20.4. The molecule has 0 bridgehead atoms. The first-order valence-electron chi connectivity index (χ1n) is 8.68. The Balaban J connectivity index is 1.48. The van der Waals surface area contributed by atoms with E-state index in [9.17, 15) is 12.8 Å². The Bertz CT molecular complexity index is 859. The molecule has 0 saturated heterocycles. The molecule has 1 saturated carbocycles. The second-order valence-corrected chi connectivity index (χ2v) is 8.84. The third-order valence-corrected chi connectivity index (χ3v) is 6.35. The second-order valence-electron chi connectivity index (χ2n) is 6.96. The van der Waals surface area contributed by atoms with Crippen LogP contribution in [0.15, 0.2) is 24.3 Å². The molecule has 1 aliphatic heterocycles. The Morgan fingerprint density at radius 3 is 2.64 bits per heavy atom. The third kappa shape index (κ3) is 3.90. The molecule has 1 N–H and O–H groups in total. The van der Waals surface area contributed by atoms with Crippen LogP contribution in [0, 0.1) is 11.7 Å². The van der Waals surface area contributed by atoms with Gasteiger partial charge >= 0.3 is 0 Å². The van der Waals surface area contributed by atoms with E-state index in [0.29, 0.717) is 31.1 Å². The lowest BCUT2D eigenvalue weighted by Gasteiger charge is -2.25. The predicted octanol–water partition coefficient (Wildman–Crippen LogP) is 2.12. The molecular weight excluding hydrogens is 343 g/mol.